The molecule has 0 atom stereocenters. The molecule has 0 unspecified atom stereocenters. The SMILES string of the molecule is C=C(CC(F)(F)C(F)(F)C(F)(F)F)C(N)=O. The highest BCUT2D eigenvalue weighted by atomic mass is 19.4. The molecule has 0 fully saturated rings. The number of alkyl halides is 7. The van der Waals surface area contributed by atoms with Crippen molar-refractivity contribution in [2.45, 2.75) is 24.4 Å². The van der Waals surface area contributed by atoms with E-state index in [4.69, 9.17) is 0 Å². The summed E-state index contributed by atoms with van der Waals surface area (Å²) in [7, 11) is 0. The molecule has 0 bridgehead atoms. The minimum atomic E-state index is -6.42. The van der Waals surface area contributed by atoms with E-state index in [0.717, 1.165) is 0 Å². The number of primary amides is 1. The zero-order valence-corrected chi connectivity index (χ0v) is 7.55. The Morgan fingerprint density at radius 3 is 1.69 bits per heavy atom. The van der Waals surface area contributed by atoms with Crippen LogP contribution in [0.5, 0.6) is 0 Å². The van der Waals surface area contributed by atoms with Crippen molar-refractivity contribution < 1.29 is 35.5 Å². The van der Waals surface area contributed by atoms with Gasteiger partial charge in [-0.3, -0.25) is 4.79 Å². The van der Waals surface area contributed by atoms with Crippen molar-refractivity contribution in [2.75, 3.05) is 0 Å². The predicted octanol–water partition coefficient (Wildman–Crippen LogP) is 2.25. The van der Waals surface area contributed by atoms with Gasteiger partial charge in [-0.2, -0.15) is 30.7 Å². The van der Waals surface area contributed by atoms with Crippen LogP contribution in [0.1, 0.15) is 6.42 Å². The fraction of sp³-hybridized carbons (Fsp3) is 0.571. The summed E-state index contributed by atoms with van der Waals surface area (Å²) in [5.41, 5.74) is 3.18. The molecule has 9 heteroatoms. The van der Waals surface area contributed by atoms with Gasteiger partial charge in [0.15, 0.2) is 0 Å². The van der Waals surface area contributed by atoms with E-state index in [1.807, 2.05) is 0 Å². The van der Waals surface area contributed by atoms with Crippen molar-refractivity contribution in [3.05, 3.63) is 12.2 Å². The lowest BCUT2D eigenvalue weighted by molar-refractivity contribution is -0.353. The van der Waals surface area contributed by atoms with E-state index >= 15 is 0 Å². The summed E-state index contributed by atoms with van der Waals surface area (Å²) < 4.78 is 84.5. The monoisotopic (exact) mass is 253 g/mol. The van der Waals surface area contributed by atoms with Gasteiger partial charge in [-0.25, -0.2) is 0 Å². The van der Waals surface area contributed by atoms with Gasteiger partial charge >= 0.3 is 18.0 Å². The zero-order valence-electron chi connectivity index (χ0n) is 7.55. The number of amides is 1. The minimum Gasteiger partial charge on any atom is -0.366 e. The zero-order chi connectivity index (χ0) is 13.4. The summed E-state index contributed by atoms with van der Waals surface area (Å²) in [6.07, 6.45) is -8.58. The highest BCUT2D eigenvalue weighted by Gasteiger charge is 2.72. The first kappa shape index (κ1) is 14.7. The fourth-order valence-electron chi connectivity index (χ4n) is 0.673. The number of halogens is 7. The molecule has 0 aliphatic carbocycles. The van der Waals surface area contributed by atoms with Gasteiger partial charge in [0.1, 0.15) is 0 Å². The van der Waals surface area contributed by atoms with Gasteiger partial charge in [-0.15, -0.1) is 0 Å². The van der Waals surface area contributed by atoms with Crippen LogP contribution in [0.4, 0.5) is 30.7 Å². The first-order chi connectivity index (χ1) is 6.83. The molecule has 0 aromatic heterocycles. The number of hydrogen-bond donors (Lipinski definition) is 1. The number of nitrogens with two attached hydrogens (primary N) is 1. The van der Waals surface area contributed by atoms with Crippen molar-refractivity contribution in [3.63, 3.8) is 0 Å². The molecule has 0 aliphatic rings. The molecule has 0 radical (unpaired) electrons. The molecule has 2 nitrogen and oxygen atoms in total. The Morgan fingerprint density at radius 1 is 1.06 bits per heavy atom. The molecule has 0 saturated heterocycles. The molecule has 0 aromatic carbocycles. The maximum absolute atomic E-state index is 12.6. The first-order valence-electron chi connectivity index (χ1n) is 3.63. The minimum absolute atomic E-state index is 1.21. The molecule has 16 heavy (non-hydrogen) atoms. The van der Waals surface area contributed by atoms with Gasteiger partial charge in [0.25, 0.3) is 0 Å². The summed E-state index contributed by atoms with van der Waals surface area (Å²) in [5.74, 6) is -13.3. The topological polar surface area (TPSA) is 43.1 Å². The van der Waals surface area contributed by atoms with Gasteiger partial charge < -0.3 is 5.73 Å². The lowest BCUT2D eigenvalue weighted by Crippen LogP contribution is -2.52. The van der Waals surface area contributed by atoms with Crippen LogP contribution in [0.3, 0.4) is 0 Å². The van der Waals surface area contributed by atoms with E-state index in [-0.39, 0.29) is 0 Å². The summed E-state index contributed by atoms with van der Waals surface area (Å²) in [4.78, 5) is 10.2. The maximum Gasteiger partial charge on any atom is 0.459 e. The van der Waals surface area contributed by atoms with Crippen molar-refractivity contribution in [1.29, 1.82) is 0 Å². The summed E-state index contributed by atoms with van der Waals surface area (Å²) in [6.45, 7) is 2.58. The molecule has 2 N–H and O–H groups in total. The van der Waals surface area contributed by atoms with Crippen molar-refractivity contribution in [2.24, 2.45) is 5.73 Å². The average molecular weight is 253 g/mol. The molecule has 0 heterocycles. The second-order valence-corrected chi connectivity index (χ2v) is 2.92. The highest BCUT2D eigenvalue weighted by Crippen LogP contribution is 2.48. The molecule has 94 valence electrons. The van der Waals surface area contributed by atoms with Gasteiger partial charge in [0, 0.05) is 12.0 Å². The number of carbonyl (C=O) groups excluding carboxylic acids is 1. The smallest absolute Gasteiger partial charge is 0.366 e. The summed E-state index contributed by atoms with van der Waals surface area (Å²) in [5, 5.41) is 0. The largest absolute Gasteiger partial charge is 0.459 e. The molecule has 0 spiro atoms. The Bertz CT molecular complexity index is 306. The van der Waals surface area contributed by atoms with Crippen molar-refractivity contribution in [1.82, 2.24) is 0 Å². The molecule has 0 rings (SSSR count). The highest BCUT2D eigenvalue weighted by molar-refractivity contribution is 5.91. The number of carbonyl (C=O) groups is 1. The Hall–Kier alpha value is -1.28. The van der Waals surface area contributed by atoms with Crippen molar-refractivity contribution in [3.8, 4) is 0 Å². The van der Waals surface area contributed by atoms with Crippen LogP contribution in [0.25, 0.3) is 0 Å². The molecular formula is C7H6F7NO. The second-order valence-electron chi connectivity index (χ2n) is 2.92. The van der Waals surface area contributed by atoms with E-state index in [0.29, 0.717) is 0 Å². The second kappa shape index (κ2) is 3.95. The predicted molar refractivity (Wildman–Crippen MR) is 38.9 cm³/mol. The Balaban J connectivity index is 5.06. The van der Waals surface area contributed by atoms with E-state index in [2.05, 4.69) is 12.3 Å². The Labute approximate surface area is 84.9 Å². The Morgan fingerprint density at radius 2 is 1.44 bits per heavy atom. The van der Waals surface area contributed by atoms with Crippen LogP contribution in [-0.2, 0) is 4.79 Å². The van der Waals surface area contributed by atoms with Gasteiger partial charge in [-0.05, 0) is 0 Å². The molecule has 0 aliphatic heterocycles. The lowest BCUT2D eigenvalue weighted by Gasteiger charge is -2.28. The van der Waals surface area contributed by atoms with Crippen LogP contribution in [0.15, 0.2) is 12.2 Å². The molecule has 1 amide bonds. The Kier molecular flexibility index (Phi) is 3.63. The quantitative estimate of drug-likeness (QED) is 0.606. The van der Waals surface area contributed by atoms with E-state index < -0.39 is 35.9 Å². The average Bonchev–Trinajstić information content (AvgIpc) is 2.00. The van der Waals surface area contributed by atoms with Crippen LogP contribution < -0.4 is 5.73 Å². The fourth-order valence-corrected chi connectivity index (χ4v) is 0.673. The summed E-state index contributed by atoms with van der Waals surface area (Å²) in [6, 6.07) is 0. The molecule has 0 saturated carbocycles. The van der Waals surface area contributed by atoms with Crippen LogP contribution in [0.2, 0.25) is 0 Å². The van der Waals surface area contributed by atoms with Crippen LogP contribution >= 0.6 is 0 Å². The maximum atomic E-state index is 12.6. The molecular weight excluding hydrogens is 247 g/mol. The van der Waals surface area contributed by atoms with Crippen molar-refractivity contribution >= 4 is 5.91 Å². The first-order valence-corrected chi connectivity index (χ1v) is 3.63. The lowest BCUT2D eigenvalue weighted by atomic mass is 10.0. The van der Waals surface area contributed by atoms with E-state index in [1.54, 1.807) is 0 Å². The van der Waals surface area contributed by atoms with Crippen LogP contribution in [-0.4, -0.2) is 23.9 Å². The summed E-state index contributed by atoms with van der Waals surface area (Å²) >= 11 is 0. The third-order valence-electron chi connectivity index (χ3n) is 1.60. The standard InChI is InChI=1S/C7H6F7NO/c1-3(4(15)16)2-5(8,9)6(10,11)7(12,13)14/h1-2H2,(H2,15,16). The third kappa shape index (κ3) is 2.64. The van der Waals surface area contributed by atoms with Crippen LogP contribution in [0, 0.1) is 0 Å². The van der Waals surface area contributed by atoms with Gasteiger partial charge in [0.05, 0.1) is 0 Å². The normalized spacial score (nSPS) is 13.7. The van der Waals surface area contributed by atoms with E-state index in [9.17, 15) is 35.5 Å². The van der Waals surface area contributed by atoms with Gasteiger partial charge in [0.2, 0.25) is 5.91 Å². The number of hydrogen-bond acceptors (Lipinski definition) is 1. The molecule has 0 aromatic rings. The third-order valence-corrected chi connectivity index (χ3v) is 1.60. The number of rotatable bonds is 4. The van der Waals surface area contributed by atoms with Gasteiger partial charge in [-0.1, -0.05) is 6.58 Å². The van der Waals surface area contributed by atoms with E-state index in [1.165, 1.54) is 0 Å².